The summed E-state index contributed by atoms with van der Waals surface area (Å²) < 4.78 is 19.8. The van der Waals surface area contributed by atoms with Crippen LogP contribution >= 0.6 is 0 Å². The van der Waals surface area contributed by atoms with Crippen molar-refractivity contribution in [1.82, 2.24) is 9.97 Å². The summed E-state index contributed by atoms with van der Waals surface area (Å²) in [6.07, 6.45) is 1.69. The van der Waals surface area contributed by atoms with Crippen LogP contribution in [0.5, 0.6) is 0 Å². The zero-order chi connectivity index (χ0) is 17.9. The number of fused-ring (bicyclic) bond motifs is 1. The van der Waals surface area contributed by atoms with Crippen LogP contribution in [0.3, 0.4) is 0 Å². The topological polar surface area (TPSA) is 62.0 Å². The Hall–Kier alpha value is -3.04. The number of nitrogens with zero attached hydrogens (tertiary/aromatic N) is 4. The summed E-state index contributed by atoms with van der Waals surface area (Å²) in [6.45, 7) is 3.11. The summed E-state index contributed by atoms with van der Waals surface area (Å²) in [5.74, 6) is -0.357. The lowest BCUT2D eigenvalue weighted by Crippen LogP contribution is -2.36. The average molecular weight is 348 g/mol. The largest absolute Gasteiger partial charge is 0.378 e. The second-order valence-corrected chi connectivity index (χ2v) is 6.17. The molecule has 0 aliphatic carbocycles. The van der Waals surface area contributed by atoms with Gasteiger partial charge in [0.25, 0.3) is 0 Å². The molecule has 130 valence electrons. The summed E-state index contributed by atoms with van der Waals surface area (Å²) in [4.78, 5) is 10.9. The third-order valence-corrected chi connectivity index (χ3v) is 4.57. The number of halogens is 1. The van der Waals surface area contributed by atoms with E-state index in [0.717, 1.165) is 35.2 Å². The van der Waals surface area contributed by atoms with Crippen LogP contribution in [0.15, 0.2) is 42.7 Å². The van der Waals surface area contributed by atoms with E-state index in [4.69, 9.17) is 10.00 Å². The molecule has 6 heteroatoms. The molecule has 1 aliphatic rings. The maximum Gasteiger partial charge on any atom is 0.132 e. The zero-order valence-electron chi connectivity index (χ0n) is 14.2. The van der Waals surface area contributed by atoms with Crippen molar-refractivity contribution in [1.29, 1.82) is 5.26 Å². The monoisotopic (exact) mass is 348 g/mol. The lowest BCUT2D eigenvalue weighted by Gasteiger charge is -2.29. The van der Waals surface area contributed by atoms with Gasteiger partial charge >= 0.3 is 0 Å². The molecule has 3 aromatic rings. The minimum absolute atomic E-state index is 0.234. The molecule has 1 fully saturated rings. The van der Waals surface area contributed by atoms with E-state index >= 15 is 0 Å². The van der Waals surface area contributed by atoms with Gasteiger partial charge in [0.15, 0.2) is 0 Å². The van der Waals surface area contributed by atoms with Crippen molar-refractivity contribution in [2.24, 2.45) is 0 Å². The average Bonchev–Trinajstić information content (AvgIpc) is 2.69. The summed E-state index contributed by atoms with van der Waals surface area (Å²) in [5.41, 5.74) is 3.54. The lowest BCUT2D eigenvalue weighted by molar-refractivity contribution is 0.122. The van der Waals surface area contributed by atoms with Crippen LogP contribution in [0.25, 0.3) is 22.2 Å². The van der Waals surface area contributed by atoms with E-state index in [-0.39, 0.29) is 12.2 Å². The molecule has 0 spiro atoms. The van der Waals surface area contributed by atoms with Crippen molar-refractivity contribution in [2.75, 3.05) is 31.2 Å². The molecule has 2 aromatic carbocycles. The lowest BCUT2D eigenvalue weighted by atomic mass is 10.0. The van der Waals surface area contributed by atoms with E-state index < -0.39 is 0 Å². The quantitative estimate of drug-likeness (QED) is 0.726. The number of benzene rings is 2. The van der Waals surface area contributed by atoms with Crippen molar-refractivity contribution in [3.05, 3.63) is 54.1 Å². The number of anilines is 1. The first-order chi connectivity index (χ1) is 12.8. The third kappa shape index (κ3) is 3.09. The van der Waals surface area contributed by atoms with Gasteiger partial charge in [0, 0.05) is 29.7 Å². The minimum Gasteiger partial charge on any atom is -0.378 e. The second kappa shape index (κ2) is 7.06. The predicted octanol–water partition coefficient (Wildman–Crippen LogP) is 3.34. The summed E-state index contributed by atoms with van der Waals surface area (Å²) in [5, 5.41) is 9.68. The van der Waals surface area contributed by atoms with Crippen molar-refractivity contribution in [2.45, 2.75) is 6.42 Å². The van der Waals surface area contributed by atoms with Crippen LogP contribution < -0.4 is 4.90 Å². The van der Waals surface area contributed by atoms with Gasteiger partial charge < -0.3 is 9.64 Å². The van der Waals surface area contributed by atoms with Crippen molar-refractivity contribution >= 4 is 16.6 Å². The number of nitriles is 1. The Morgan fingerprint density at radius 2 is 1.96 bits per heavy atom. The Labute approximate surface area is 150 Å². The van der Waals surface area contributed by atoms with Crippen molar-refractivity contribution < 1.29 is 9.13 Å². The molecule has 0 radical (unpaired) electrons. The molecule has 0 N–H and O–H groups in total. The van der Waals surface area contributed by atoms with Crippen LogP contribution in [-0.4, -0.2) is 36.3 Å². The molecule has 1 saturated heterocycles. The molecule has 1 aliphatic heterocycles. The highest BCUT2D eigenvalue weighted by Crippen LogP contribution is 2.30. The number of morpholine rings is 1. The van der Waals surface area contributed by atoms with Crippen LogP contribution in [0.4, 0.5) is 10.1 Å². The first-order valence-corrected chi connectivity index (χ1v) is 8.49. The predicted molar refractivity (Wildman–Crippen MR) is 97.3 cm³/mol. The molecule has 0 bridgehead atoms. The van der Waals surface area contributed by atoms with Gasteiger partial charge in [-0.05, 0) is 35.9 Å². The normalized spacial score (nSPS) is 14.4. The second-order valence-electron chi connectivity index (χ2n) is 6.17. The number of hydrogen-bond acceptors (Lipinski definition) is 5. The Kier molecular flexibility index (Phi) is 4.46. The molecule has 0 atom stereocenters. The van der Waals surface area contributed by atoms with Crippen LogP contribution in [0.2, 0.25) is 0 Å². The van der Waals surface area contributed by atoms with E-state index in [1.54, 1.807) is 12.1 Å². The van der Waals surface area contributed by atoms with Gasteiger partial charge in [0.05, 0.1) is 36.9 Å². The minimum atomic E-state index is -0.357. The highest BCUT2D eigenvalue weighted by molar-refractivity contribution is 5.94. The fraction of sp³-hybridized carbons (Fsp3) is 0.250. The molecule has 4 rings (SSSR count). The smallest absolute Gasteiger partial charge is 0.132 e. The van der Waals surface area contributed by atoms with E-state index in [1.165, 1.54) is 12.4 Å². The maximum absolute atomic E-state index is 14.4. The SMILES string of the molecule is N#CCc1ccc(F)c(-c2ncnc3cc(N4CCOCC4)ccc23)c1. The molecule has 0 amide bonds. The van der Waals surface area contributed by atoms with Gasteiger partial charge in [-0.3, -0.25) is 0 Å². The Morgan fingerprint density at radius 3 is 2.77 bits per heavy atom. The maximum atomic E-state index is 14.4. The Balaban J connectivity index is 1.79. The number of aromatic nitrogens is 2. The Bertz CT molecular complexity index is 993. The van der Waals surface area contributed by atoms with Gasteiger partial charge in [-0.1, -0.05) is 6.07 Å². The molecule has 1 aromatic heterocycles. The van der Waals surface area contributed by atoms with E-state index in [1.807, 2.05) is 18.2 Å². The zero-order valence-corrected chi connectivity index (χ0v) is 14.2. The summed E-state index contributed by atoms with van der Waals surface area (Å²) >= 11 is 0. The van der Waals surface area contributed by atoms with Crippen molar-refractivity contribution in [3.8, 4) is 17.3 Å². The molecule has 0 saturated carbocycles. The van der Waals surface area contributed by atoms with Gasteiger partial charge in [0.1, 0.15) is 12.1 Å². The molecule has 2 heterocycles. The third-order valence-electron chi connectivity index (χ3n) is 4.57. The van der Waals surface area contributed by atoms with Gasteiger partial charge in [-0.15, -0.1) is 0 Å². The van der Waals surface area contributed by atoms with Crippen molar-refractivity contribution in [3.63, 3.8) is 0 Å². The Morgan fingerprint density at radius 1 is 1.12 bits per heavy atom. The first-order valence-electron chi connectivity index (χ1n) is 8.49. The number of ether oxygens (including phenoxy) is 1. The molecule has 26 heavy (non-hydrogen) atoms. The first kappa shape index (κ1) is 16.4. The molecular weight excluding hydrogens is 331 g/mol. The fourth-order valence-electron chi connectivity index (χ4n) is 3.23. The number of rotatable bonds is 3. The van der Waals surface area contributed by atoms with Gasteiger partial charge in [-0.2, -0.15) is 5.26 Å². The molecular formula is C20H17FN4O. The van der Waals surface area contributed by atoms with Gasteiger partial charge in [0.2, 0.25) is 0 Å². The molecule has 0 unspecified atom stereocenters. The summed E-state index contributed by atoms with van der Waals surface area (Å²) in [7, 11) is 0. The van der Waals surface area contributed by atoms with Gasteiger partial charge in [-0.25, -0.2) is 14.4 Å². The fourth-order valence-corrected chi connectivity index (χ4v) is 3.23. The van der Waals surface area contributed by atoms with E-state index in [0.29, 0.717) is 24.5 Å². The van der Waals surface area contributed by atoms with E-state index in [9.17, 15) is 4.39 Å². The number of hydrogen-bond donors (Lipinski definition) is 0. The highest BCUT2D eigenvalue weighted by Gasteiger charge is 2.15. The summed E-state index contributed by atoms with van der Waals surface area (Å²) in [6, 6.07) is 12.7. The van der Waals surface area contributed by atoms with E-state index in [2.05, 4.69) is 20.9 Å². The van der Waals surface area contributed by atoms with Crippen LogP contribution in [0, 0.1) is 17.1 Å². The van der Waals surface area contributed by atoms with Crippen LogP contribution in [-0.2, 0) is 11.2 Å². The van der Waals surface area contributed by atoms with Crippen LogP contribution in [0.1, 0.15) is 5.56 Å². The standard InChI is InChI=1S/C20H17FN4O/c21-18-4-1-14(5-6-22)11-17(18)20-16-3-2-15(12-19(16)23-13-24-20)25-7-9-26-10-8-25/h1-4,11-13H,5,7-10H2. The highest BCUT2D eigenvalue weighted by atomic mass is 19.1. The molecule has 5 nitrogen and oxygen atoms in total.